The predicted octanol–water partition coefficient (Wildman–Crippen LogP) is 3.14. The number of hydrogen-bond acceptors (Lipinski definition) is 7. The van der Waals surface area contributed by atoms with E-state index in [-0.39, 0.29) is 5.43 Å². The second-order valence-electron chi connectivity index (χ2n) is 6.99. The predicted molar refractivity (Wildman–Crippen MR) is 118 cm³/mol. The van der Waals surface area contributed by atoms with Crippen LogP contribution in [0.15, 0.2) is 77.0 Å². The van der Waals surface area contributed by atoms with Crippen LogP contribution in [0.2, 0.25) is 0 Å². The maximum absolute atomic E-state index is 12.4. The Balaban J connectivity index is 1.41. The summed E-state index contributed by atoms with van der Waals surface area (Å²) < 4.78 is 3.35. The summed E-state index contributed by atoms with van der Waals surface area (Å²) in [5.41, 5.74) is 6.52. The van der Waals surface area contributed by atoms with E-state index in [9.17, 15) is 4.79 Å². The molecule has 0 amide bonds. The minimum Gasteiger partial charge on any atom is -0.288 e. The van der Waals surface area contributed by atoms with Crippen LogP contribution in [0.3, 0.4) is 0 Å². The van der Waals surface area contributed by atoms with E-state index in [1.807, 2.05) is 42.9 Å². The van der Waals surface area contributed by atoms with Crippen molar-refractivity contribution in [2.45, 2.75) is 6.42 Å². The number of benzene rings is 1. The molecule has 0 unspecified atom stereocenters. The molecule has 0 saturated heterocycles. The van der Waals surface area contributed by atoms with Crippen molar-refractivity contribution in [3.05, 3.63) is 93.7 Å². The molecule has 31 heavy (non-hydrogen) atoms. The van der Waals surface area contributed by atoms with Crippen LogP contribution < -0.4 is 5.43 Å². The second kappa shape index (κ2) is 8.04. The van der Waals surface area contributed by atoms with Crippen molar-refractivity contribution in [3.8, 4) is 28.3 Å². The number of nitrogens with zero attached hydrogens (tertiary/aromatic N) is 7. The summed E-state index contributed by atoms with van der Waals surface area (Å²) in [5.74, 6) is 0.620. The lowest BCUT2D eigenvalue weighted by Gasteiger charge is -2.07. The smallest absolute Gasteiger partial charge is 0.203 e. The molecule has 5 aromatic rings. The number of rotatable bonds is 5. The largest absolute Gasteiger partial charge is 0.288 e. The highest BCUT2D eigenvalue weighted by atomic mass is 32.1. The van der Waals surface area contributed by atoms with Gasteiger partial charge in [0.15, 0.2) is 5.82 Å². The number of thiazole rings is 1. The molecule has 0 aliphatic rings. The van der Waals surface area contributed by atoms with Crippen LogP contribution in [0.4, 0.5) is 0 Å². The van der Waals surface area contributed by atoms with E-state index in [4.69, 9.17) is 0 Å². The molecule has 1 aromatic carbocycles. The maximum Gasteiger partial charge on any atom is 0.203 e. The number of hydrogen-bond donors (Lipinski definition) is 0. The van der Waals surface area contributed by atoms with Gasteiger partial charge in [-0.05, 0) is 11.6 Å². The quantitative estimate of drug-likeness (QED) is 0.428. The summed E-state index contributed by atoms with van der Waals surface area (Å²) in [6.07, 6.45) is 9.15. The average Bonchev–Trinajstić information content (AvgIpc) is 3.48. The molecule has 0 atom stereocenters. The van der Waals surface area contributed by atoms with Gasteiger partial charge in [0.1, 0.15) is 11.4 Å². The van der Waals surface area contributed by atoms with Gasteiger partial charge in [0.2, 0.25) is 5.43 Å². The fourth-order valence-corrected chi connectivity index (χ4v) is 3.78. The third kappa shape index (κ3) is 4.03. The molecule has 0 aliphatic carbocycles. The molecule has 5 rings (SSSR count). The second-order valence-corrected chi connectivity index (χ2v) is 7.71. The van der Waals surface area contributed by atoms with E-state index >= 15 is 0 Å². The van der Waals surface area contributed by atoms with Gasteiger partial charge in [-0.2, -0.15) is 10.2 Å². The summed E-state index contributed by atoms with van der Waals surface area (Å²) >= 11 is 1.54. The van der Waals surface area contributed by atoms with E-state index < -0.39 is 0 Å². The summed E-state index contributed by atoms with van der Waals surface area (Å²) in [7, 11) is 1.84. The van der Waals surface area contributed by atoms with Gasteiger partial charge < -0.3 is 0 Å². The van der Waals surface area contributed by atoms with Crippen LogP contribution in [0.1, 0.15) is 11.3 Å². The molecule has 8 nitrogen and oxygen atoms in total. The normalized spacial score (nSPS) is 11.0. The Morgan fingerprint density at radius 3 is 2.65 bits per heavy atom. The fraction of sp³-hybridized carbons (Fsp3) is 0.0909. The van der Waals surface area contributed by atoms with Crippen molar-refractivity contribution in [2.75, 3.05) is 0 Å². The van der Waals surface area contributed by atoms with E-state index in [1.165, 1.54) is 17.4 Å². The van der Waals surface area contributed by atoms with Crippen LogP contribution in [0.25, 0.3) is 28.3 Å². The first-order valence-electron chi connectivity index (χ1n) is 9.53. The summed E-state index contributed by atoms with van der Waals surface area (Å²) in [4.78, 5) is 25.7. The highest BCUT2D eigenvalue weighted by Crippen LogP contribution is 2.21. The minimum atomic E-state index is -0.102. The molecule has 0 bridgehead atoms. The maximum atomic E-state index is 12.4. The van der Waals surface area contributed by atoms with E-state index in [2.05, 4.69) is 25.1 Å². The minimum absolute atomic E-state index is 0.102. The van der Waals surface area contributed by atoms with Gasteiger partial charge in [0, 0.05) is 54.6 Å². The number of aromatic nitrogens is 7. The molecule has 0 spiro atoms. The van der Waals surface area contributed by atoms with Crippen LogP contribution >= 0.6 is 11.3 Å². The lowest BCUT2D eigenvalue weighted by Crippen LogP contribution is -2.16. The summed E-state index contributed by atoms with van der Waals surface area (Å²) in [6.45, 7) is 0. The summed E-state index contributed by atoms with van der Waals surface area (Å²) in [6, 6.07) is 9.37. The van der Waals surface area contributed by atoms with Gasteiger partial charge in [0.05, 0.1) is 23.6 Å². The zero-order valence-corrected chi connectivity index (χ0v) is 17.4. The molecule has 4 heterocycles. The first-order valence-corrected chi connectivity index (χ1v) is 10.5. The molecule has 0 fully saturated rings. The monoisotopic (exact) mass is 427 g/mol. The van der Waals surface area contributed by atoms with Crippen LogP contribution in [0.5, 0.6) is 0 Å². The standard InChI is InChI=1S/C22H17N7OS/c1-28-12-18(11-26-28)29-6-5-21(30)19(27-29)8-15-3-2-4-16(7-15)22-23-9-17(10-24-22)20-13-31-14-25-20/h2-7,9-14H,8H2,1H3. The van der Waals surface area contributed by atoms with Crippen molar-refractivity contribution < 1.29 is 0 Å². The topological polar surface area (TPSA) is 91.4 Å². The van der Waals surface area contributed by atoms with Gasteiger partial charge >= 0.3 is 0 Å². The molecule has 0 N–H and O–H groups in total. The lowest BCUT2D eigenvalue weighted by molar-refractivity contribution is 0.762. The van der Waals surface area contributed by atoms with Gasteiger partial charge in [-0.3, -0.25) is 9.48 Å². The van der Waals surface area contributed by atoms with Crippen molar-refractivity contribution in [3.63, 3.8) is 0 Å². The van der Waals surface area contributed by atoms with Crippen molar-refractivity contribution >= 4 is 11.3 Å². The van der Waals surface area contributed by atoms with Crippen LogP contribution in [0, 0.1) is 0 Å². The van der Waals surface area contributed by atoms with Crippen molar-refractivity contribution in [1.82, 2.24) is 34.5 Å². The first-order chi connectivity index (χ1) is 15.2. The number of aryl methyl sites for hydroxylation is 1. The zero-order chi connectivity index (χ0) is 21.2. The highest BCUT2D eigenvalue weighted by Gasteiger charge is 2.09. The molecule has 0 saturated carbocycles. The van der Waals surface area contributed by atoms with Gasteiger partial charge in [0.25, 0.3) is 0 Å². The Hall–Kier alpha value is -3.98. The third-order valence-electron chi connectivity index (χ3n) is 4.77. The van der Waals surface area contributed by atoms with Crippen LogP contribution in [-0.4, -0.2) is 34.5 Å². The van der Waals surface area contributed by atoms with Gasteiger partial charge in [-0.1, -0.05) is 18.2 Å². The van der Waals surface area contributed by atoms with Crippen LogP contribution in [-0.2, 0) is 13.5 Å². The molecular formula is C22H17N7OS. The molecule has 4 aromatic heterocycles. The van der Waals surface area contributed by atoms with E-state index in [1.54, 1.807) is 39.7 Å². The van der Waals surface area contributed by atoms with Crippen molar-refractivity contribution in [2.24, 2.45) is 7.05 Å². The molecule has 9 heteroatoms. The Morgan fingerprint density at radius 1 is 1.03 bits per heavy atom. The highest BCUT2D eigenvalue weighted by molar-refractivity contribution is 7.07. The molecular weight excluding hydrogens is 410 g/mol. The Morgan fingerprint density at radius 2 is 1.90 bits per heavy atom. The fourth-order valence-electron chi connectivity index (χ4n) is 3.22. The van der Waals surface area contributed by atoms with Crippen molar-refractivity contribution in [1.29, 1.82) is 0 Å². The first kappa shape index (κ1) is 19.0. The SMILES string of the molecule is Cn1cc(-n2ccc(=O)c(Cc3cccc(-c4ncc(-c5cscn5)cn4)c3)n2)cn1. The zero-order valence-electron chi connectivity index (χ0n) is 16.6. The van der Waals surface area contributed by atoms with Gasteiger partial charge in [-0.25, -0.2) is 19.6 Å². The van der Waals surface area contributed by atoms with E-state index in [0.717, 1.165) is 28.1 Å². The van der Waals surface area contributed by atoms with Gasteiger partial charge in [-0.15, -0.1) is 11.3 Å². The average molecular weight is 427 g/mol. The molecule has 0 aliphatic heterocycles. The molecule has 152 valence electrons. The Kier molecular flexibility index (Phi) is 4.93. The Bertz CT molecular complexity index is 1390. The summed E-state index contributed by atoms with van der Waals surface area (Å²) in [5, 5.41) is 10.6. The Labute approximate surface area is 181 Å². The third-order valence-corrected chi connectivity index (χ3v) is 5.36. The lowest BCUT2D eigenvalue weighted by atomic mass is 10.1. The van der Waals surface area contributed by atoms with E-state index in [0.29, 0.717) is 17.9 Å². The molecule has 0 radical (unpaired) electrons.